The number of thiazole rings is 1. The van der Waals surface area contributed by atoms with Crippen LogP contribution in [0.2, 0.25) is 0 Å². The van der Waals surface area contributed by atoms with Crippen molar-refractivity contribution in [3.05, 3.63) is 80.3 Å². The van der Waals surface area contributed by atoms with Gasteiger partial charge in [-0.2, -0.15) is 9.50 Å². The molecule has 0 saturated carbocycles. The normalized spacial score (nSPS) is 12.6. The second kappa shape index (κ2) is 5.90. The summed E-state index contributed by atoms with van der Waals surface area (Å²) in [4.78, 5) is 17.3. The fourth-order valence-electron chi connectivity index (χ4n) is 2.27. The Kier molecular flexibility index (Phi) is 3.59. The molecule has 0 radical (unpaired) electrons. The van der Waals surface area contributed by atoms with Crippen molar-refractivity contribution in [3.63, 3.8) is 0 Å². The van der Waals surface area contributed by atoms with Crippen LogP contribution in [-0.2, 0) is 0 Å². The van der Waals surface area contributed by atoms with Gasteiger partial charge in [0.15, 0.2) is 5.82 Å². The maximum atomic E-state index is 12.4. The van der Waals surface area contributed by atoms with Crippen LogP contribution in [0.25, 0.3) is 23.2 Å². The van der Waals surface area contributed by atoms with Gasteiger partial charge in [0, 0.05) is 6.08 Å². The molecule has 24 heavy (non-hydrogen) atoms. The van der Waals surface area contributed by atoms with Crippen molar-refractivity contribution in [1.82, 2.24) is 14.6 Å². The van der Waals surface area contributed by atoms with Crippen LogP contribution in [0.3, 0.4) is 0 Å². The third-order valence-electron chi connectivity index (χ3n) is 3.52. The van der Waals surface area contributed by atoms with E-state index < -0.39 is 0 Å². The fraction of sp³-hybridized carbons (Fsp3) is 0.0556. The molecule has 0 fully saturated rings. The van der Waals surface area contributed by atoms with Gasteiger partial charge in [0.1, 0.15) is 10.3 Å². The molecule has 118 valence electrons. The molecule has 0 amide bonds. The average Bonchev–Trinajstić information content (AvgIpc) is 3.28. The summed E-state index contributed by atoms with van der Waals surface area (Å²) in [7, 11) is 0. The number of aromatic nitrogens is 3. The van der Waals surface area contributed by atoms with E-state index in [0.717, 1.165) is 5.56 Å². The Hall–Kier alpha value is -2.99. The largest absolute Gasteiger partial charge is 0.465 e. The van der Waals surface area contributed by atoms with Crippen LogP contribution < -0.4 is 10.1 Å². The molecule has 1 aromatic carbocycles. The molecule has 0 aliphatic rings. The Balaban J connectivity index is 1.67. The summed E-state index contributed by atoms with van der Waals surface area (Å²) in [6, 6.07) is 11.7. The highest BCUT2D eigenvalue weighted by molar-refractivity contribution is 7.15. The molecule has 0 bridgehead atoms. The first kappa shape index (κ1) is 14.6. The lowest BCUT2D eigenvalue weighted by Crippen LogP contribution is -2.23. The lowest BCUT2D eigenvalue weighted by molar-refractivity contribution is 0.556. The van der Waals surface area contributed by atoms with Gasteiger partial charge in [0.2, 0.25) is 4.96 Å². The maximum absolute atomic E-state index is 12.4. The monoisotopic (exact) mass is 335 g/mol. The number of fused-ring (bicyclic) bond motifs is 1. The highest BCUT2D eigenvalue weighted by Gasteiger charge is 2.09. The molecular formula is C18H13N3O2S. The van der Waals surface area contributed by atoms with Gasteiger partial charge in [-0.05, 0) is 30.7 Å². The smallest absolute Gasteiger partial charge is 0.291 e. The molecule has 0 aliphatic carbocycles. The van der Waals surface area contributed by atoms with Gasteiger partial charge >= 0.3 is 0 Å². The van der Waals surface area contributed by atoms with Crippen molar-refractivity contribution in [1.29, 1.82) is 0 Å². The molecule has 0 saturated heterocycles. The minimum atomic E-state index is -0.186. The van der Waals surface area contributed by atoms with Gasteiger partial charge < -0.3 is 4.42 Å². The van der Waals surface area contributed by atoms with Gasteiger partial charge in [0.25, 0.3) is 5.56 Å². The Morgan fingerprint density at radius 3 is 2.71 bits per heavy atom. The van der Waals surface area contributed by atoms with Crippen LogP contribution in [-0.4, -0.2) is 14.6 Å². The highest BCUT2D eigenvalue weighted by atomic mass is 32.1. The highest BCUT2D eigenvalue weighted by Crippen LogP contribution is 2.09. The third-order valence-corrected chi connectivity index (χ3v) is 4.48. The Morgan fingerprint density at radius 1 is 1.17 bits per heavy atom. The van der Waals surface area contributed by atoms with Crippen LogP contribution in [0.15, 0.2) is 51.9 Å². The standard InChI is InChI=1S/C18H13N3O2S/c1-12-4-6-13(7-5-12)8-9-16-19-18-21(20-16)17(22)15(24-18)11-14-3-2-10-23-14/h2-11H,1H3/b9-8+,15-11+. The summed E-state index contributed by atoms with van der Waals surface area (Å²) >= 11 is 1.29. The van der Waals surface area contributed by atoms with E-state index in [1.807, 2.05) is 37.3 Å². The van der Waals surface area contributed by atoms with Crippen LogP contribution in [0, 0.1) is 6.92 Å². The second-order valence-corrected chi connectivity index (χ2v) is 6.35. The van der Waals surface area contributed by atoms with E-state index in [1.165, 1.54) is 21.4 Å². The molecule has 0 unspecified atom stereocenters. The summed E-state index contributed by atoms with van der Waals surface area (Å²) in [5.74, 6) is 1.15. The molecular weight excluding hydrogens is 322 g/mol. The van der Waals surface area contributed by atoms with E-state index in [1.54, 1.807) is 30.5 Å². The molecule has 0 atom stereocenters. The molecule has 4 aromatic rings. The first-order valence-corrected chi connectivity index (χ1v) is 8.20. The third kappa shape index (κ3) is 2.79. The zero-order chi connectivity index (χ0) is 16.5. The summed E-state index contributed by atoms with van der Waals surface area (Å²) in [6.45, 7) is 2.05. The molecule has 5 nitrogen and oxygen atoms in total. The van der Waals surface area contributed by atoms with Crippen molar-refractivity contribution < 1.29 is 4.42 Å². The van der Waals surface area contributed by atoms with Crippen LogP contribution in [0.5, 0.6) is 0 Å². The topological polar surface area (TPSA) is 60.4 Å². The minimum Gasteiger partial charge on any atom is -0.465 e. The summed E-state index contributed by atoms with van der Waals surface area (Å²) < 4.78 is 7.11. The van der Waals surface area contributed by atoms with Gasteiger partial charge in [-0.3, -0.25) is 4.79 Å². The number of nitrogens with zero attached hydrogens (tertiary/aromatic N) is 3. The van der Waals surface area contributed by atoms with Crippen molar-refractivity contribution in [2.24, 2.45) is 0 Å². The first-order chi connectivity index (χ1) is 11.7. The number of benzene rings is 1. The summed E-state index contributed by atoms with van der Waals surface area (Å²) in [6.07, 6.45) is 7.01. The fourth-order valence-corrected chi connectivity index (χ4v) is 3.17. The van der Waals surface area contributed by atoms with Crippen molar-refractivity contribution >= 4 is 34.5 Å². The number of hydrogen-bond acceptors (Lipinski definition) is 5. The summed E-state index contributed by atoms with van der Waals surface area (Å²) in [5, 5.41) is 4.26. The number of aryl methyl sites for hydroxylation is 1. The predicted octanol–water partition coefficient (Wildman–Crippen LogP) is 2.77. The van der Waals surface area contributed by atoms with E-state index in [2.05, 4.69) is 10.1 Å². The molecule has 0 aliphatic heterocycles. The zero-order valence-corrected chi connectivity index (χ0v) is 13.7. The predicted molar refractivity (Wildman–Crippen MR) is 94.7 cm³/mol. The molecule has 4 rings (SSSR count). The second-order valence-electron chi connectivity index (χ2n) is 5.34. The first-order valence-electron chi connectivity index (χ1n) is 7.38. The van der Waals surface area contributed by atoms with Crippen LogP contribution in [0.4, 0.5) is 0 Å². The lowest BCUT2D eigenvalue weighted by Gasteiger charge is -1.93. The van der Waals surface area contributed by atoms with E-state index >= 15 is 0 Å². The average molecular weight is 335 g/mol. The zero-order valence-electron chi connectivity index (χ0n) is 12.8. The Bertz CT molecular complexity index is 1120. The number of furan rings is 1. The van der Waals surface area contributed by atoms with Crippen molar-refractivity contribution in [3.8, 4) is 0 Å². The number of hydrogen-bond donors (Lipinski definition) is 0. The lowest BCUT2D eigenvalue weighted by atomic mass is 10.1. The molecule has 3 aromatic heterocycles. The SMILES string of the molecule is Cc1ccc(/C=C/c2nc3s/c(=C/c4ccco4)c(=O)n3n2)cc1. The van der Waals surface area contributed by atoms with Gasteiger partial charge in [-0.25, -0.2) is 0 Å². The van der Waals surface area contributed by atoms with Crippen molar-refractivity contribution in [2.75, 3.05) is 0 Å². The van der Waals surface area contributed by atoms with E-state index in [4.69, 9.17) is 4.42 Å². The summed E-state index contributed by atoms with van der Waals surface area (Å²) in [5.41, 5.74) is 2.09. The van der Waals surface area contributed by atoms with E-state index in [-0.39, 0.29) is 5.56 Å². The van der Waals surface area contributed by atoms with E-state index in [0.29, 0.717) is 21.1 Å². The van der Waals surface area contributed by atoms with Gasteiger partial charge in [-0.15, -0.1) is 5.10 Å². The minimum absolute atomic E-state index is 0.186. The van der Waals surface area contributed by atoms with Gasteiger partial charge in [0.05, 0.1) is 6.26 Å². The Labute approximate surface area is 141 Å². The molecule has 0 N–H and O–H groups in total. The number of rotatable bonds is 3. The van der Waals surface area contributed by atoms with E-state index in [9.17, 15) is 4.79 Å². The quantitative estimate of drug-likeness (QED) is 0.578. The van der Waals surface area contributed by atoms with Crippen molar-refractivity contribution in [2.45, 2.75) is 6.92 Å². The molecule has 0 spiro atoms. The van der Waals surface area contributed by atoms with Crippen LogP contribution in [0.1, 0.15) is 22.7 Å². The van der Waals surface area contributed by atoms with Crippen LogP contribution >= 0.6 is 11.3 Å². The molecule has 6 heteroatoms. The maximum Gasteiger partial charge on any atom is 0.291 e. The molecule has 3 heterocycles. The van der Waals surface area contributed by atoms with Gasteiger partial charge in [-0.1, -0.05) is 47.2 Å². The Morgan fingerprint density at radius 2 is 2.00 bits per heavy atom.